The monoisotopic (exact) mass is 306 g/mol. The lowest BCUT2D eigenvalue weighted by molar-refractivity contribution is 0.0699. The van der Waals surface area contributed by atoms with Gasteiger partial charge in [-0.1, -0.05) is 60.7 Å². The van der Waals surface area contributed by atoms with Crippen LogP contribution in [0.1, 0.15) is 36.8 Å². The molecule has 2 aromatic rings. The van der Waals surface area contributed by atoms with Gasteiger partial charge in [-0.15, -0.1) is 0 Å². The first-order valence-electron chi connectivity index (χ1n) is 8.05. The van der Waals surface area contributed by atoms with E-state index in [4.69, 9.17) is 9.47 Å². The fourth-order valence-electron chi connectivity index (χ4n) is 3.60. The summed E-state index contributed by atoms with van der Waals surface area (Å²) in [7, 11) is 0. The number of hydrogen-bond donors (Lipinski definition) is 0. The van der Waals surface area contributed by atoms with Gasteiger partial charge in [0.2, 0.25) is 0 Å². The van der Waals surface area contributed by atoms with Crippen molar-refractivity contribution < 1.29 is 14.3 Å². The zero-order chi connectivity index (χ0) is 15.7. The molecule has 2 fully saturated rings. The van der Waals surface area contributed by atoms with Gasteiger partial charge in [0, 0.05) is 5.57 Å². The maximum atomic E-state index is 11.9. The Balaban J connectivity index is 1.96. The topological polar surface area (TPSA) is 35.5 Å². The number of cyclic esters (lactones) is 1. The molecule has 2 aliphatic rings. The molecular weight excluding hydrogens is 288 g/mol. The number of carbonyl (C=O) groups is 1. The Bertz CT molecular complexity index is 699. The molecule has 0 amide bonds. The highest BCUT2D eigenvalue weighted by Crippen LogP contribution is 2.48. The summed E-state index contributed by atoms with van der Waals surface area (Å²) >= 11 is 0. The van der Waals surface area contributed by atoms with E-state index in [0.29, 0.717) is 5.76 Å². The van der Waals surface area contributed by atoms with Crippen molar-refractivity contribution in [1.82, 2.24) is 0 Å². The van der Waals surface area contributed by atoms with E-state index in [9.17, 15) is 4.79 Å². The third kappa shape index (κ3) is 2.42. The maximum absolute atomic E-state index is 11.9. The molecule has 23 heavy (non-hydrogen) atoms. The maximum Gasteiger partial charge on any atom is 0.514 e. The van der Waals surface area contributed by atoms with Crippen LogP contribution < -0.4 is 0 Å². The molecule has 1 aliphatic carbocycles. The summed E-state index contributed by atoms with van der Waals surface area (Å²) in [5, 5.41) is 0. The zero-order valence-corrected chi connectivity index (χ0v) is 12.8. The van der Waals surface area contributed by atoms with Crippen molar-refractivity contribution in [2.75, 3.05) is 0 Å². The van der Waals surface area contributed by atoms with E-state index >= 15 is 0 Å². The van der Waals surface area contributed by atoms with Crippen molar-refractivity contribution >= 4 is 11.7 Å². The van der Waals surface area contributed by atoms with Crippen molar-refractivity contribution in [3.05, 3.63) is 77.5 Å². The van der Waals surface area contributed by atoms with Crippen molar-refractivity contribution in [1.29, 1.82) is 0 Å². The first-order valence-corrected chi connectivity index (χ1v) is 8.05. The number of benzene rings is 2. The molecule has 0 bridgehead atoms. The molecule has 2 aromatic carbocycles. The first-order chi connectivity index (χ1) is 11.3. The van der Waals surface area contributed by atoms with Crippen molar-refractivity contribution in [3.63, 3.8) is 0 Å². The molecule has 1 aliphatic heterocycles. The summed E-state index contributed by atoms with van der Waals surface area (Å²) in [6.07, 6.45) is 3.19. The number of rotatable bonds is 2. The van der Waals surface area contributed by atoms with E-state index < -0.39 is 11.8 Å². The molecule has 1 spiro atoms. The van der Waals surface area contributed by atoms with Crippen LogP contribution in [0.3, 0.4) is 0 Å². The van der Waals surface area contributed by atoms with E-state index in [1.54, 1.807) is 0 Å². The van der Waals surface area contributed by atoms with Gasteiger partial charge in [0.1, 0.15) is 0 Å². The van der Waals surface area contributed by atoms with Crippen molar-refractivity contribution in [3.8, 4) is 0 Å². The summed E-state index contributed by atoms with van der Waals surface area (Å²) in [4.78, 5) is 11.9. The van der Waals surface area contributed by atoms with Crippen molar-refractivity contribution in [2.45, 2.75) is 31.3 Å². The lowest BCUT2D eigenvalue weighted by Crippen LogP contribution is -2.26. The molecule has 0 radical (unpaired) electrons. The molecule has 0 N–H and O–H groups in total. The van der Waals surface area contributed by atoms with Gasteiger partial charge in [0.25, 0.3) is 0 Å². The molecule has 1 saturated heterocycles. The quantitative estimate of drug-likeness (QED) is 0.738. The number of hydrogen-bond acceptors (Lipinski definition) is 3. The molecule has 116 valence electrons. The fourth-order valence-corrected chi connectivity index (χ4v) is 3.60. The fraction of sp³-hybridized carbons (Fsp3) is 0.250. The van der Waals surface area contributed by atoms with Crippen LogP contribution >= 0.6 is 0 Å². The second-order valence-corrected chi connectivity index (χ2v) is 6.09. The highest BCUT2D eigenvalue weighted by Gasteiger charge is 2.51. The van der Waals surface area contributed by atoms with Gasteiger partial charge >= 0.3 is 6.16 Å². The highest BCUT2D eigenvalue weighted by atomic mass is 16.8. The second kappa shape index (κ2) is 5.58. The normalized spacial score (nSPS) is 18.8. The van der Waals surface area contributed by atoms with Crippen LogP contribution in [-0.2, 0) is 9.47 Å². The van der Waals surface area contributed by atoms with Crippen molar-refractivity contribution in [2.24, 2.45) is 0 Å². The third-order valence-electron chi connectivity index (χ3n) is 4.64. The molecule has 0 aromatic heterocycles. The summed E-state index contributed by atoms with van der Waals surface area (Å²) in [5.74, 6) is 0.678. The Morgan fingerprint density at radius 2 is 1.35 bits per heavy atom. The lowest BCUT2D eigenvalue weighted by Gasteiger charge is -2.23. The minimum absolute atomic E-state index is 0.578. The molecular formula is C20H18O3. The number of carbonyl (C=O) groups excluding carboxylic acids is 1. The zero-order valence-electron chi connectivity index (χ0n) is 12.8. The van der Waals surface area contributed by atoms with Crippen LogP contribution in [0, 0.1) is 0 Å². The Kier molecular flexibility index (Phi) is 3.41. The Labute approximate surface area is 135 Å². The van der Waals surface area contributed by atoms with Crippen LogP contribution in [-0.4, -0.2) is 11.8 Å². The van der Waals surface area contributed by atoms with Crippen LogP contribution in [0.15, 0.2) is 66.4 Å². The average Bonchev–Trinajstić information content (AvgIpc) is 3.18. The van der Waals surface area contributed by atoms with Crippen LogP contribution in [0.4, 0.5) is 4.79 Å². The van der Waals surface area contributed by atoms with E-state index in [2.05, 4.69) is 0 Å². The van der Waals surface area contributed by atoms with E-state index in [1.165, 1.54) is 0 Å². The average molecular weight is 306 g/mol. The predicted molar refractivity (Wildman–Crippen MR) is 87.7 cm³/mol. The standard InChI is InChI=1S/C20H18O3/c21-19-22-18(20(23-19)13-7-8-14-20)17(15-9-3-1-4-10-15)16-11-5-2-6-12-16/h1-6,9-12H,7-8,13-14H2. The molecule has 0 atom stereocenters. The SMILES string of the molecule is O=C1OC(=C(c2ccccc2)c2ccccc2)C2(CCCC2)O1. The van der Waals surface area contributed by atoms with E-state index in [1.807, 2.05) is 60.7 Å². The van der Waals surface area contributed by atoms with Gasteiger partial charge < -0.3 is 9.47 Å². The van der Waals surface area contributed by atoms with E-state index in [-0.39, 0.29) is 0 Å². The van der Waals surface area contributed by atoms with Gasteiger partial charge in [-0.25, -0.2) is 4.79 Å². The Morgan fingerprint density at radius 1 is 0.826 bits per heavy atom. The van der Waals surface area contributed by atoms with Gasteiger partial charge in [0.15, 0.2) is 11.4 Å². The van der Waals surface area contributed by atoms with E-state index in [0.717, 1.165) is 42.4 Å². The van der Waals surface area contributed by atoms with Crippen LogP contribution in [0.2, 0.25) is 0 Å². The van der Waals surface area contributed by atoms with Gasteiger partial charge in [-0.05, 0) is 36.8 Å². The van der Waals surface area contributed by atoms with Crippen LogP contribution in [0.5, 0.6) is 0 Å². The largest absolute Gasteiger partial charge is 0.514 e. The summed E-state index contributed by atoms with van der Waals surface area (Å²) in [6.45, 7) is 0. The van der Waals surface area contributed by atoms with Crippen LogP contribution in [0.25, 0.3) is 5.57 Å². The smallest absolute Gasteiger partial charge is 0.419 e. The van der Waals surface area contributed by atoms with Gasteiger partial charge in [0.05, 0.1) is 0 Å². The Hall–Kier alpha value is -2.55. The summed E-state index contributed by atoms with van der Waals surface area (Å²) in [5.41, 5.74) is 2.45. The molecule has 3 heteroatoms. The molecule has 3 nitrogen and oxygen atoms in total. The molecule has 1 heterocycles. The summed E-state index contributed by atoms with van der Waals surface area (Å²) < 4.78 is 11.2. The number of ether oxygens (including phenoxy) is 2. The first kappa shape index (κ1) is 14.1. The van der Waals surface area contributed by atoms with Gasteiger partial charge in [-0.2, -0.15) is 0 Å². The second-order valence-electron chi connectivity index (χ2n) is 6.09. The summed E-state index contributed by atoms with van der Waals surface area (Å²) in [6, 6.07) is 20.1. The highest BCUT2D eigenvalue weighted by molar-refractivity contribution is 5.85. The lowest BCUT2D eigenvalue weighted by atomic mass is 9.89. The van der Waals surface area contributed by atoms with Gasteiger partial charge in [-0.3, -0.25) is 0 Å². The molecule has 0 unspecified atom stereocenters. The predicted octanol–water partition coefficient (Wildman–Crippen LogP) is 4.93. The molecule has 1 saturated carbocycles. The third-order valence-corrected chi connectivity index (χ3v) is 4.64. The minimum atomic E-state index is -0.585. The molecule has 4 rings (SSSR count). The minimum Gasteiger partial charge on any atom is -0.419 e. The Morgan fingerprint density at radius 3 is 1.87 bits per heavy atom.